The number of ether oxygens (including phenoxy) is 1. The molecule has 3 aromatic rings. The number of aromatic nitrogens is 2. The van der Waals surface area contributed by atoms with Crippen molar-refractivity contribution in [3.8, 4) is 5.75 Å². The summed E-state index contributed by atoms with van der Waals surface area (Å²) in [5.74, 6) is 0.624. The first-order valence-corrected chi connectivity index (χ1v) is 7.22. The lowest BCUT2D eigenvalue weighted by atomic mass is 9.98. The minimum atomic E-state index is -0.000972. The largest absolute Gasteiger partial charge is 0.493 e. The van der Waals surface area contributed by atoms with Gasteiger partial charge in [0.15, 0.2) is 5.78 Å². The molecule has 0 aliphatic rings. The van der Waals surface area contributed by atoms with Crippen molar-refractivity contribution < 1.29 is 9.53 Å². The van der Waals surface area contributed by atoms with Crippen LogP contribution in [0.3, 0.4) is 0 Å². The van der Waals surface area contributed by atoms with Crippen LogP contribution >= 0.6 is 0 Å². The number of ketones is 1. The molecule has 0 saturated carbocycles. The van der Waals surface area contributed by atoms with E-state index in [1.165, 1.54) is 6.33 Å². The van der Waals surface area contributed by atoms with Gasteiger partial charge in [-0.3, -0.25) is 4.79 Å². The summed E-state index contributed by atoms with van der Waals surface area (Å²) in [6.07, 6.45) is 3.33. The fourth-order valence-corrected chi connectivity index (χ4v) is 2.49. The smallest absolute Gasteiger partial charge is 0.173 e. The zero-order valence-corrected chi connectivity index (χ0v) is 12.3. The fraction of sp³-hybridized carbons (Fsp3) is 0.167. The van der Waals surface area contributed by atoms with Gasteiger partial charge in [0.2, 0.25) is 0 Å². The lowest BCUT2D eigenvalue weighted by Gasteiger charge is -2.12. The third-order valence-electron chi connectivity index (χ3n) is 3.45. The van der Waals surface area contributed by atoms with Crippen LogP contribution in [-0.4, -0.2) is 22.4 Å². The number of nitrogens with zero attached hydrogens (tertiary/aromatic N) is 2. The van der Waals surface area contributed by atoms with Crippen LogP contribution in [0.4, 0.5) is 0 Å². The Morgan fingerprint density at radius 2 is 2.00 bits per heavy atom. The highest BCUT2D eigenvalue weighted by molar-refractivity contribution is 6.11. The van der Waals surface area contributed by atoms with E-state index in [0.717, 1.165) is 10.8 Å². The predicted octanol–water partition coefficient (Wildman–Crippen LogP) is 3.45. The van der Waals surface area contributed by atoms with E-state index in [9.17, 15) is 4.79 Å². The van der Waals surface area contributed by atoms with Gasteiger partial charge >= 0.3 is 0 Å². The molecule has 3 rings (SSSR count). The second kappa shape index (κ2) is 6.35. The molecule has 1 aromatic heterocycles. The fourth-order valence-electron chi connectivity index (χ4n) is 2.49. The molecule has 0 amide bonds. The van der Waals surface area contributed by atoms with Gasteiger partial charge in [0.25, 0.3) is 0 Å². The lowest BCUT2D eigenvalue weighted by molar-refractivity contribution is 0.0990. The summed E-state index contributed by atoms with van der Waals surface area (Å²) in [5.41, 5.74) is 1.33. The third-order valence-corrected chi connectivity index (χ3v) is 3.45. The summed E-state index contributed by atoms with van der Waals surface area (Å²) in [7, 11) is 0. The molecule has 0 saturated heterocycles. The molecule has 4 nitrogen and oxygen atoms in total. The Labute approximate surface area is 128 Å². The first-order valence-electron chi connectivity index (χ1n) is 7.22. The number of Topliss-reactive ketones (excluding diaryl/α,β-unsaturated/α-hetero) is 1. The van der Waals surface area contributed by atoms with Gasteiger partial charge in [0.1, 0.15) is 12.1 Å². The minimum Gasteiger partial charge on any atom is -0.493 e. The van der Waals surface area contributed by atoms with Crippen LogP contribution in [0, 0.1) is 0 Å². The minimum absolute atomic E-state index is 0.000972. The van der Waals surface area contributed by atoms with E-state index >= 15 is 0 Å². The molecule has 2 aromatic carbocycles. The summed E-state index contributed by atoms with van der Waals surface area (Å²) in [6.45, 7) is 2.43. The van der Waals surface area contributed by atoms with E-state index < -0.39 is 0 Å². The second-order valence-electron chi connectivity index (χ2n) is 4.89. The highest BCUT2D eigenvalue weighted by atomic mass is 16.5. The Kier molecular flexibility index (Phi) is 4.10. The summed E-state index contributed by atoms with van der Waals surface area (Å²) < 4.78 is 5.65. The van der Waals surface area contributed by atoms with E-state index in [4.69, 9.17) is 4.74 Å². The van der Waals surface area contributed by atoms with E-state index in [2.05, 4.69) is 9.97 Å². The molecule has 0 radical (unpaired) electrons. The maximum atomic E-state index is 12.8. The molecule has 110 valence electrons. The van der Waals surface area contributed by atoms with Crippen molar-refractivity contribution in [3.63, 3.8) is 0 Å². The van der Waals surface area contributed by atoms with Crippen molar-refractivity contribution in [2.45, 2.75) is 13.3 Å². The highest BCUT2D eigenvalue weighted by Crippen LogP contribution is 2.29. The Hall–Kier alpha value is -2.75. The molecule has 1 heterocycles. The molecular formula is C18H16N2O2. The summed E-state index contributed by atoms with van der Waals surface area (Å²) in [4.78, 5) is 20.8. The van der Waals surface area contributed by atoms with E-state index in [1.807, 2.05) is 43.3 Å². The number of carbonyl (C=O) groups excluding carboxylic acids is 1. The maximum Gasteiger partial charge on any atom is 0.173 e. The van der Waals surface area contributed by atoms with Crippen LogP contribution in [0.2, 0.25) is 0 Å². The van der Waals surface area contributed by atoms with Crippen LogP contribution in [0.25, 0.3) is 10.8 Å². The monoisotopic (exact) mass is 292 g/mol. The van der Waals surface area contributed by atoms with E-state index in [0.29, 0.717) is 23.6 Å². The molecule has 4 heteroatoms. The van der Waals surface area contributed by atoms with Crippen molar-refractivity contribution in [2.75, 3.05) is 6.61 Å². The number of benzene rings is 2. The van der Waals surface area contributed by atoms with Crippen LogP contribution in [0.15, 0.2) is 55.0 Å². The van der Waals surface area contributed by atoms with Crippen LogP contribution in [-0.2, 0) is 6.42 Å². The quantitative estimate of drug-likeness (QED) is 0.676. The van der Waals surface area contributed by atoms with Gasteiger partial charge in [0.05, 0.1) is 24.3 Å². The molecule has 22 heavy (non-hydrogen) atoms. The normalized spacial score (nSPS) is 10.6. The molecular weight excluding hydrogens is 276 g/mol. The average Bonchev–Trinajstić information content (AvgIpc) is 2.55. The molecule has 0 N–H and O–H groups in total. The number of carbonyl (C=O) groups is 1. The topological polar surface area (TPSA) is 52.1 Å². The SMILES string of the molecule is CCOc1ccc2ccccc2c1C(=O)Cc1ccncn1. The third kappa shape index (κ3) is 2.81. The maximum absolute atomic E-state index is 12.8. The van der Waals surface area contributed by atoms with Crippen molar-refractivity contribution in [3.05, 3.63) is 66.2 Å². The predicted molar refractivity (Wildman–Crippen MR) is 85.2 cm³/mol. The first kappa shape index (κ1) is 14.2. The number of hydrogen-bond donors (Lipinski definition) is 0. The Morgan fingerprint density at radius 3 is 2.77 bits per heavy atom. The Morgan fingerprint density at radius 1 is 1.14 bits per heavy atom. The first-order chi connectivity index (χ1) is 10.8. The summed E-state index contributed by atoms with van der Waals surface area (Å²) in [6, 6.07) is 13.4. The number of rotatable bonds is 5. The van der Waals surface area contributed by atoms with Crippen molar-refractivity contribution in [1.82, 2.24) is 9.97 Å². The summed E-state index contributed by atoms with van der Waals surface area (Å²) >= 11 is 0. The summed E-state index contributed by atoms with van der Waals surface area (Å²) in [5, 5.41) is 1.93. The van der Waals surface area contributed by atoms with E-state index in [1.54, 1.807) is 12.3 Å². The molecule has 0 atom stereocenters. The highest BCUT2D eigenvalue weighted by Gasteiger charge is 2.17. The van der Waals surface area contributed by atoms with Gasteiger partial charge in [-0.1, -0.05) is 30.3 Å². The Balaban J connectivity index is 2.06. The van der Waals surface area contributed by atoms with Crippen LogP contribution in [0.1, 0.15) is 23.0 Å². The number of fused-ring (bicyclic) bond motifs is 1. The number of hydrogen-bond acceptors (Lipinski definition) is 4. The van der Waals surface area contributed by atoms with Gasteiger partial charge in [-0.15, -0.1) is 0 Å². The van der Waals surface area contributed by atoms with Crippen LogP contribution < -0.4 is 4.74 Å². The zero-order valence-electron chi connectivity index (χ0n) is 12.3. The van der Waals surface area contributed by atoms with Gasteiger partial charge in [-0.25, -0.2) is 9.97 Å². The standard InChI is InChI=1S/C18H16N2O2/c1-2-22-17-8-7-13-5-3-4-6-15(13)18(17)16(21)11-14-9-10-19-12-20-14/h3-10,12H,2,11H2,1H3. The molecule has 0 aliphatic heterocycles. The molecule has 0 unspecified atom stereocenters. The molecule has 0 bridgehead atoms. The molecule has 0 aliphatic carbocycles. The van der Waals surface area contributed by atoms with Crippen molar-refractivity contribution in [1.29, 1.82) is 0 Å². The Bertz CT molecular complexity index is 801. The molecule has 0 spiro atoms. The van der Waals surface area contributed by atoms with Gasteiger partial charge in [-0.05, 0) is 29.8 Å². The van der Waals surface area contributed by atoms with Gasteiger partial charge < -0.3 is 4.74 Å². The lowest BCUT2D eigenvalue weighted by Crippen LogP contribution is -2.09. The van der Waals surface area contributed by atoms with Gasteiger partial charge in [0, 0.05) is 6.20 Å². The van der Waals surface area contributed by atoms with Crippen LogP contribution in [0.5, 0.6) is 5.75 Å². The van der Waals surface area contributed by atoms with Crippen molar-refractivity contribution in [2.24, 2.45) is 0 Å². The molecule has 0 fully saturated rings. The van der Waals surface area contributed by atoms with Crippen molar-refractivity contribution >= 4 is 16.6 Å². The average molecular weight is 292 g/mol. The second-order valence-corrected chi connectivity index (χ2v) is 4.89. The van der Waals surface area contributed by atoms with Gasteiger partial charge in [-0.2, -0.15) is 0 Å². The van der Waals surface area contributed by atoms with E-state index in [-0.39, 0.29) is 12.2 Å². The zero-order chi connectivity index (χ0) is 15.4.